The molecule has 1 aliphatic rings. The van der Waals surface area contributed by atoms with Crippen LogP contribution in [0.2, 0.25) is 0 Å². The maximum atomic E-state index is 11.5. The van der Waals surface area contributed by atoms with Gasteiger partial charge >= 0.3 is 5.97 Å². The van der Waals surface area contributed by atoms with Gasteiger partial charge in [-0.1, -0.05) is 26.7 Å². The van der Waals surface area contributed by atoms with E-state index in [1.54, 1.807) is 0 Å². The zero-order valence-corrected chi connectivity index (χ0v) is 11.2. The third kappa shape index (κ3) is 6.64. The van der Waals surface area contributed by atoms with Crippen molar-refractivity contribution in [2.45, 2.75) is 51.6 Å². The van der Waals surface area contributed by atoms with Crippen LogP contribution in [0.3, 0.4) is 0 Å². The number of hydrogen-bond acceptors (Lipinski definition) is 4. The van der Waals surface area contributed by atoms with Gasteiger partial charge in [0.15, 0.2) is 0 Å². The number of esters is 1. The summed E-state index contributed by atoms with van der Waals surface area (Å²) in [6.45, 7) is 5.47. The Morgan fingerprint density at radius 1 is 1.35 bits per heavy atom. The lowest BCUT2D eigenvalue weighted by molar-refractivity contribution is -0.143. The van der Waals surface area contributed by atoms with E-state index in [1.165, 1.54) is 26.4 Å². The first-order valence-electron chi connectivity index (χ1n) is 6.55. The van der Waals surface area contributed by atoms with Crippen LogP contribution in [-0.4, -0.2) is 38.4 Å². The van der Waals surface area contributed by atoms with Crippen LogP contribution in [0.5, 0.6) is 0 Å². The average Bonchev–Trinajstić information content (AvgIpc) is 3.09. The van der Waals surface area contributed by atoms with Gasteiger partial charge in [0, 0.05) is 19.3 Å². The highest BCUT2D eigenvalue weighted by Gasteiger charge is 2.21. The van der Waals surface area contributed by atoms with Gasteiger partial charge in [-0.3, -0.25) is 4.79 Å². The Bertz CT molecular complexity index is 227. The zero-order chi connectivity index (χ0) is 12.7. The Hall–Kier alpha value is -0.610. The molecule has 0 aromatic rings. The smallest absolute Gasteiger partial charge is 0.322 e. The van der Waals surface area contributed by atoms with Crippen molar-refractivity contribution in [2.24, 2.45) is 5.92 Å². The van der Waals surface area contributed by atoms with E-state index in [1.807, 2.05) is 13.8 Å². The highest BCUT2D eigenvalue weighted by molar-refractivity contribution is 5.75. The van der Waals surface area contributed by atoms with Crippen molar-refractivity contribution in [3.05, 3.63) is 0 Å². The summed E-state index contributed by atoms with van der Waals surface area (Å²) in [5.41, 5.74) is 0. The average molecular weight is 243 g/mol. The summed E-state index contributed by atoms with van der Waals surface area (Å²) >= 11 is 0. The molecule has 4 heteroatoms. The molecule has 0 amide bonds. The van der Waals surface area contributed by atoms with Gasteiger partial charge < -0.3 is 14.8 Å². The maximum absolute atomic E-state index is 11.5. The summed E-state index contributed by atoms with van der Waals surface area (Å²) < 4.78 is 10.3. The molecule has 1 fully saturated rings. The van der Waals surface area contributed by atoms with Gasteiger partial charge in [0.05, 0.1) is 7.11 Å². The van der Waals surface area contributed by atoms with Crippen molar-refractivity contribution in [2.75, 3.05) is 20.3 Å². The van der Waals surface area contributed by atoms with Crippen LogP contribution in [0.4, 0.5) is 0 Å². The van der Waals surface area contributed by atoms with Crippen LogP contribution in [0.1, 0.15) is 39.5 Å². The normalized spacial score (nSPS) is 17.2. The fourth-order valence-corrected chi connectivity index (χ4v) is 1.77. The van der Waals surface area contributed by atoms with Gasteiger partial charge in [-0.15, -0.1) is 0 Å². The highest BCUT2D eigenvalue weighted by atomic mass is 16.5. The number of carbonyl (C=O) groups is 1. The highest BCUT2D eigenvalue weighted by Crippen LogP contribution is 2.32. The SMILES string of the molecule is COC(=O)C(CCOCCC1CC1)NC(C)C. The summed E-state index contributed by atoms with van der Waals surface area (Å²) in [4.78, 5) is 11.5. The fourth-order valence-electron chi connectivity index (χ4n) is 1.77. The molecule has 0 heterocycles. The Labute approximate surface area is 104 Å². The topological polar surface area (TPSA) is 47.6 Å². The minimum absolute atomic E-state index is 0.204. The molecular formula is C13H25NO3. The second-order valence-electron chi connectivity index (χ2n) is 5.03. The van der Waals surface area contributed by atoms with Crippen molar-refractivity contribution in [1.29, 1.82) is 0 Å². The molecule has 0 radical (unpaired) electrons. The summed E-state index contributed by atoms with van der Waals surface area (Å²) in [7, 11) is 1.42. The first kappa shape index (κ1) is 14.5. The van der Waals surface area contributed by atoms with Crippen LogP contribution < -0.4 is 5.32 Å². The van der Waals surface area contributed by atoms with E-state index in [0.29, 0.717) is 13.0 Å². The van der Waals surface area contributed by atoms with Gasteiger partial charge in [0.1, 0.15) is 6.04 Å². The van der Waals surface area contributed by atoms with E-state index in [0.717, 1.165) is 12.5 Å². The van der Waals surface area contributed by atoms with Crippen molar-refractivity contribution in [3.63, 3.8) is 0 Å². The predicted molar refractivity (Wildman–Crippen MR) is 66.9 cm³/mol. The van der Waals surface area contributed by atoms with E-state index >= 15 is 0 Å². The summed E-state index contributed by atoms with van der Waals surface area (Å²) in [6.07, 6.45) is 4.57. The molecule has 1 rings (SSSR count). The zero-order valence-electron chi connectivity index (χ0n) is 11.2. The van der Waals surface area contributed by atoms with Crippen LogP contribution in [0.25, 0.3) is 0 Å². The molecule has 1 N–H and O–H groups in total. The number of methoxy groups -OCH3 is 1. The molecule has 1 aliphatic carbocycles. The van der Waals surface area contributed by atoms with Crippen LogP contribution in [0.15, 0.2) is 0 Å². The third-order valence-corrected chi connectivity index (χ3v) is 2.94. The molecule has 100 valence electrons. The second-order valence-corrected chi connectivity index (χ2v) is 5.03. The number of carbonyl (C=O) groups excluding carboxylic acids is 1. The second kappa shape index (κ2) is 7.67. The Morgan fingerprint density at radius 2 is 2.06 bits per heavy atom. The molecule has 0 saturated heterocycles. The van der Waals surface area contributed by atoms with E-state index in [-0.39, 0.29) is 18.1 Å². The van der Waals surface area contributed by atoms with Gasteiger partial charge in [-0.25, -0.2) is 0 Å². The van der Waals surface area contributed by atoms with Crippen LogP contribution >= 0.6 is 0 Å². The molecule has 0 aromatic heterocycles. The predicted octanol–water partition coefficient (Wildman–Crippen LogP) is 1.73. The molecule has 0 aromatic carbocycles. The lowest BCUT2D eigenvalue weighted by atomic mass is 10.2. The van der Waals surface area contributed by atoms with Crippen molar-refractivity contribution in [3.8, 4) is 0 Å². The van der Waals surface area contributed by atoms with E-state index in [9.17, 15) is 4.79 Å². The number of nitrogens with one attached hydrogen (secondary N) is 1. The molecule has 0 spiro atoms. The van der Waals surface area contributed by atoms with Crippen LogP contribution in [0, 0.1) is 5.92 Å². The van der Waals surface area contributed by atoms with Crippen molar-refractivity contribution >= 4 is 5.97 Å². The van der Waals surface area contributed by atoms with Crippen molar-refractivity contribution < 1.29 is 14.3 Å². The number of rotatable bonds is 9. The Kier molecular flexibility index (Phi) is 6.52. The Morgan fingerprint density at radius 3 is 2.59 bits per heavy atom. The fraction of sp³-hybridized carbons (Fsp3) is 0.923. The molecule has 1 saturated carbocycles. The summed E-state index contributed by atoms with van der Waals surface area (Å²) in [5.74, 6) is 0.699. The molecule has 0 bridgehead atoms. The number of hydrogen-bond donors (Lipinski definition) is 1. The lowest BCUT2D eigenvalue weighted by Gasteiger charge is -2.18. The largest absolute Gasteiger partial charge is 0.468 e. The molecular weight excluding hydrogens is 218 g/mol. The van der Waals surface area contributed by atoms with Gasteiger partial charge in [-0.05, 0) is 18.8 Å². The van der Waals surface area contributed by atoms with Gasteiger partial charge in [0.2, 0.25) is 0 Å². The summed E-state index contributed by atoms with van der Waals surface area (Å²) in [6, 6.07) is 0.0199. The first-order valence-corrected chi connectivity index (χ1v) is 6.55. The van der Waals surface area contributed by atoms with Gasteiger partial charge in [0.25, 0.3) is 0 Å². The quantitative estimate of drug-likeness (QED) is 0.495. The molecule has 0 aliphatic heterocycles. The Balaban J connectivity index is 2.10. The monoisotopic (exact) mass is 243 g/mol. The van der Waals surface area contributed by atoms with Crippen LogP contribution in [-0.2, 0) is 14.3 Å². The van der Waals surface area contributed by atoms with E-state index in [2.05, 4.69) is 5.32 Å². The molecule has 4 nitrogen and oxygen atoms in total. The minimum atomic E-state index is -0.249. The molecule has 1 atom stereocenters. The molecule has 1 unspecified atom stereocenters. The van der Waals surface area contributed by atoms with E-state index < -0.39 is 0 Å². The molecule has 17 heavy (non-hydrogen) atoms. The first-order chi connectivity index (χ1) is 8.13. The minimum Gasteiger partial charge on any atom is -0.468 e. The number of ether oxygens (including phenoxy) is 2. The van der Waals surface area contributed by atoms with Gasteiger partial charge in [-0.2, -0.15) is 0 Å². The summed E-state index contributed by atoms with van der Waals surface area (Å²) in [5, 5.41) is 3.19. The van der Waals surface area contributed by atoms with E-state index in [4.69, 9.17) is 9.47 Å². The maximum Gasteiger partial charge on any atom is 0.322 e. The third-order valence-electron chi connectivity index (χ3n) is 2.94. The lowest BCUT2D eigenvalue weighted by Crippen LogP contribution is -2.42. The standard InChI is InChI=1S/C13H25NO3/c1-10(2)14-12(13(15)16-3)7-9-17-8-6-11-4-5-11/h10-12,14H,4-9H2,1-3H3. The van der Waals surface area contributed by atoms with Crippen molar-refractivity contribution in [1.82, 2.24) is 5.32 Å².